The molecular formula is C25H27N3O3S. The molecule has 7 heteroatoms. The van der Waals surface area contributed by atoms with Gasteiger partial charge in [0.05, 0.1) is 11.4 Å². The number of fused-ring (bicyclic) bond motifs is 2. The maximum absolute atomic E-state index is 13.9. The van der Waals surface area contributed by atoms with E-state index in [-0.39, 0.29) is 36.1 Å². The van der Waals surface area contributed by atoms with Crippen molar-refractivity contribution < 1.29 is 14.4 Å². The molecule has 0 aromatic heterocycles. The molecule has 1 aliphatic carbocycles. The van der Waals surface area contributed by atoms with Crippen LogP contribution < -0.4 is 15.1 Å². The minimum absolute atomic E-state index is 0.0371. The summed E-state index contributed by atoms with van der Waals surface area (Å²) in [6, 6.07) is 15.4. The van der Waals surface area contributed by atoms with Crippen LogP contribution in [-0.4, -0.2) is 36.1 Å². The Morgan fingerprint density at radius 1 is 1.06 bits per heavy atom. The lowest BCUT2D eigenvalue weighted by Crippen LogP contribution is -2.52. The number of para-hydroxylation sites is 1. The van der Waals surface area contributed by atoms with Crippen molar-refractivity contribution >= 4 is 40.9 Å². The van der Waals surface area contributed by atoms with Crippen LogP contribution >= 0.6 is 11.8 Å². The van der Waals surface area contributed by atoms with Crippen LogP contribution in [-0.2, 0) is 19.3 Å². The zero-order chi connectivity index (χ0) is 22.3. The molecule has 0 unspecified atom stereocenters. The Bertz CT molecular complexity index is 1060. The van der Waals surface area contributed by atoms with E-state index in [4.69, 9.17) is 0 Å². The van der Waals surface area contributed by atoms with Crippen LogP contribution in [0.4, 0.5) is 11.4 Å². The van der Waals surface area contributed by atoms with Gasteiger partial charge >= 0.3 is 0 Å². The molecule has 2 aromatic carbocycles. The molecule has 1 spiro atoms. The summed E-state index contributed by atoms with van der Waals surface area (Å²) in [5.41, 5.74) is 3.26. The second kappa shape index (κ2) is 8.28. The number of aryl methyl sites for hydroxylation is 1. The Hall–Kier alpha value is -2.80. The van der Waals surface area contributed by atoms with Crippen molar-refractivity contribution in [3.05, 3.63) is 59.7 Å². The van der Waals surface area contributed by atoms with Gasteiger partial charge in [-0.3, -0.25) is 24.2 Å². The highest BCUT2D eigenvalue weighted by Gasteiger charge is 2.61. The van der Waals surface area contributed by atoms with Gasteiger partial charge in [0.25, 0.3) is 5.91 Å². The average Bonchev–Trinajstić information content (AvgIpc) is 3.26. The van der Waals surface area contributed by atoms with Gasteiger partial charge in [-0.1, -0.05) is 55.2 Å². The summed E-state index contributed by atoms with van der Waals surface area (Å²) in [6.45, 7) is 1.95. The number of nitrogens with zero attached hydrogens (tertiary/aromatic N) is 2. The third-order valence-corrected chi connectivity index (χ3v) is 8.01. The number of nitrogens with one attached hydrogen (secondary N) is 1. The van der Waals surface area contributed by atoms with Gasteiger partial charge in [-0.2, -0.15) is 0 Å². The van der Waals surface area contributed by atoms with Crippen molar-refractivity contribution in [2.75, 3.05) is 22.1 Å². The van der Waals surface area contributed by atoms with Gasteiger partial charge < -0.3 is 5.32 Å². The fourth-order valence-corrected chi connectivity index (χ4v) is 6.43. The third-order valence-electron chi connectivity index (χ3n) is 6.63. The molecular weight excluding hydrogens is 422 g/mol. The van der Waals surface area contributed by atoms with Gasteiger partial charge in [-0.05, 0) is 38.0 Å². The first kappa shape index (κ1) is 21.1. The summed E-state index contributed by atoms with van der Waals surface area (Å²) >= 11 is 1.34. The van der Waals surface area contributed by atoms with E-state index in [1.54, 1.807) is 9.80 Å². The van der Waals surface area contributed by atoms with Crippen LogP contribution in [0.2, 0.25) is 0 Å². The lowest BCUT2D eigenvalue weighted by Gasteiger charge is -2.33. The van der Waals surface area contributed by atoms with Crippen LogP contribution in [0.5, 0.6) is 0 Å². The van der Waals surface area contributed by atoms with Gasteiger partial charge in [0.1, 0.15) is 6.54 Å². The molecule has 1 atom stereocenters. The van der Waals surface area contributed by atoms with E-state index in [9.17, 15) is 14.4 Å². The quantitative estimate of drug-likeness (QED) is 0.772. The molecule has 2 heterocycles. The number of carbonyl (C=O) groups excluding carboxylic acids is 3. The molecule has 0 bridgehead atoms. The third kappa shape index (κ3) is 3.39. The van der Waals surface area contributed by atoms with E-state index in [0.717, 1.165) is 36.8 Å². The predicted octanol–water partition coefficient (Wildman–Crippen LogP) is 3.72. The second-order valence-electron chi connectivity index (χ2n) is 8.81. The van der Waals surface area contributed by atoms with Gasteiger partial charge in [0, 0.05) is 17.3 Å². The molecule has 1 saturated heterocycles. The molecule has 32 heavy (non-hydrogen) atoms. The van der Waals surface area contributed by atoms with Crippen molar-refractivity contribution in [3.8, 4) is 0 Å². The standard InChI is InChI=1S/C25H27N3O3S/c1-17-11-13-19(14-12-17)28-23(30)16-32-25(28)20-9-5-6-10-21(20)27(24(25)31)15-22(29)26-18-7-3-2-4-8-18/h5-6,9-14,18H,2-4,7-8,15-16H2,1H3,(H,26,29)/t25-/m0/s1. The van der Waals surface area contributed by atoms with Crippen LogP contribution in [0.1, 0.15) is 43.2 Å². The summed E-state index contributed by atoms with van der Waals surface area (Å²) in [6.07, 6.45) is 5.46. The molecule has 2 aliphatic heterocycles. The van der Waals surface area contributed by atoms with Crippen LogP contribution in [0.25, 0.3) is 0 Å². The topological polar surface area (TPSA) is 69.7 Å². The SMILES string of the molecule is Cc1ccc(N2C(=O)CS[C@@]23C(=O)N(CC(=O)NC2CCCCC2)c2ccccc23)cc1. The Labute approximate surface area is 192 Å². The smallest absolute Gasteiger partial charge is 0.269 e. The number of anilines is 2. The highest BCUT2D eigenvalue weighted by atomic mass is 32.2. The Balaban J connectivity index is 1.48. The minimum Gasteiger partial charge on any atom is -0.352 e. The number of carbonyl (C=O) groups is 3. The summed E-state index contributed by atoms with van der Waals surface area (Å²) in [4.78, 5) is 41.9. The van der Waals surface area contributed by atoms with E-state index >= 15 is 0 Å². The van der Waals surface area contributed by atoms with Crippen LogP contribution in [0.3, 0.4) is 0 Å². The lowest BCUT2D eigenvalue weighted by molar-refractivity contribution is -0.126. The molecule has 0 radical (unpaired) electrons. The molecule has 3 amide bonds. The lowest BCUT2D eigenvalue weighted by atomic mass is 9.95. The largest absolute Gasteiger partial charge is 0.352 e. The minimum atomic E-state index is -1.17. The summed E-state index contributed by atoms with van der Waals surface area (Å²) in [7, 11) is 0. The Kier molecular flexibility index (Phi) is 5.45. The molecule has 2 fully saturated rings. The van der Waals surface area contributed by atoms with Crippen molar-refractivity contribution in [2.24, 2.45) is 0 Å². The highest BCUT2D eigenvalue weighted by molar-refractivity contribution is 8.02. The summed E-state index contributed by atoms with van der Waals surface area (Å²) in [5, 5.41) is 3.11. The van der Waals surface area contributed by atoms with E-state index in [2.05, 4.69) is 5.32 Å². The molecule has 166 valence electrons. The molecule has 2 aromatic rings. The first-order valence-corrected chi connectivity index (χ1v) is 12.2. The van der Waals surface area contributed by atoms with Gasteiger partial charge in [-0.25, -0.2) is 0 Å². The van der Waals surface area contributed by atoms with Gasteiger partial charge in [0.15, 0.2) is 0 Å². The number of hydrogen-bond acceptors (Lipinski definition) is 4. The van der Waals surface area contributed by atoms with Gasteiger partial charge in [-0.15, -0.1) is 11.8 Å². The molecule has 3 aliphatic rings. The summed E-state index contributed by atoms with van der Waals surface area (Å²) < 4.78 is 0. The second-order valence-corrected chi connectivity index (χ2v) is 9.98. The number of thioether (sulfide) groups is 1. The fraction of sp³-hybridized carbons (Fsp3) is 0.400. The fourth-order valence-electron chi connectivity index (χ4n) is 5.07. The van der Waals surface area contributed by atoms with E-state index < -0.39 is 4.87 Å². The molecule has 1 saturated carbocycles. The number of hydrogen-bond donors (Lipinski definition) is 1. The summed E-state index contributed by atoms with van der Waals surface area (Å²) in [5.74, 6) is -0.256. The van der Waals surface area contributed by atoms with Gasteiger partial charge in [0.2, 0.25) is 16.7 Å². The number of rotatable bonds is 4. The number of benzene rings is 2. The van der Waals surface area contributed by atoms with E-state index in [0.29, 0.717) is 11.4 Å². The van der Waals surface area contributed by atoms with E-state index in [1.165, 1.54) is 18.2 Å². The predicted molar refractivity (Wildman–Crippen MR) is 127 cm³/mol. The number of amides is 3. The first-order valence-electron chi connectivity index (χ1n) is 11.3. The maximum atomic E-state index is 13.9. The van der Waals surface area contributed by atoms with E-state index in [1.807, 2.05) is 55.5 Å². The zero-order valence-electron chi connectivity index (χ0n) is 18.2. The zero-order valence-corrected chi connectivity index (χ0v) is 19.0. The first-order chi connectivity index (χ1) is 15.5. The van der Waals surface area contributed by atoms with Crippen molar-refractivity contribution in [1.29, 1.82) is 0 Å². The van der Waals surface area contributed by atoms with Crippen molar-refractivity contribution in [2.45, 2.75) is 49.9 Å². The Morgan fingerprint density at radius 2 is 1.78 bits per heavy atom. The van der Waals surface area contributed by atoms with Crippen molar-refractivity contribution in [1.82, 2.24) is 5.32 Å². The normalized spacial score (nSPS) is 23.2. The van der Waals surface area contributed by atoms with Crippen LogP contribution in [0.15, 0.2) is 48.5 Å². The molecule has 5 rings (SSSR count). The van der Waals surface area contributed by atoms with Crippen molar-refractivity contribution in [3.63, 3.8) is 0 Å². The molecule has 6 nitrogen and oxygen atoms in total. The highest BCUT2D eigenvalue weighted by Crippen LogP contribution is 2.55. The molecule has 1 N–H and O–H groups in total. The monoisotopic (exact) mass is 449 g/mol. The maximum Gasteiger partial charge on any atom is 0.269 e. The average molecular weight is 450 g/mol. The van der Waals surface area contributed by atoms with Crippen LogP contribution in [0, 0.1) is 6.92 Å². The Morgan fingerprint density at radius 3 is 2.53 bits per heavy atom.